The van der Waals surface area contributed by atoms with Crippen LogP contribution in [0.15, 0.2) is 36.7 Å². The van der Waals surface area contributed by atoms with Crippen LogP contribution < -0.4 is 21.1 Å². The Morgan fingerprint density at radius 2 is 2.00 bits per heavy atom. The zero-order chi connectivity index (χ0) is 29.2. The van der Waals surface area contributed by atoms with E-state index in [-0.39, 0.29) is 28.7 Å². The minimum absolute atomic E-state index is 0.0357. The fourth-order valence-electron chi connectivity index (χ4n) is 4.15. The molecule has 0 unspecified atom stereocenters. The Balaban J connectivity index is 1.59. The molecule has 4 rings (SSSR count). The van der Waals surface area contributed by atoms with Crippen LogP contribution in [0.1, 0.15) is 33.9 Å². The topological polar surface area (TPSA) is 223 Å². The molecule has 1 aromatic carbocycles. The van der Waals surface area contributed by atoms with Crippen LogP contribution in [-0.4, -0.2) is 61.6 Å². The number of hydrogen-bond acceptors (Lipinski definition) is 13. The van der Waals surface area contributed by atoms with Crippen molar-refractivity contribution in [3.63, 3.8) is 0 Å². The first-order valence-corrected chi connectivity index (χ1v) is 13.9. The van der Waals surface area contributed by atoms with Crippen LogP contribution in [0.5, 0.6) is 5.75 Å². The lowest BCUT2D eigenvalue weighted by atomic mass is 9.84. The average molecular weight is 575 g/mol. The summed E-state index contributed by atoms with van der Waals surface area (Å²) in [4.78, 5) is 24.6. The standard InChI is InChI=1S/C24H31N8O7P/c1-13(2)37-21(34)14(3)31-40(35,39-15-8-6-5-7-9-15)36-10-16-18(33)24(4,11-25)22(38-16)32-12-28-17-19(26)29-23(27)30-20(17)32/h5-9,12-14,16,18,22,33H,10H2,1-4H3,(H,31,35)(H4,26,27,29,30)/t14-,16-,18-,22-,24-,40-/m1/s1. The summed E-state index contributed by atoms with van der Waals surface area (Å²) in [6, 6.07) is 9.21. The van der Waals surface area contributed by atoms with E-state index in [1.807, 2.05) is 0 Å². The summed E-state index contributed by atoms with van der Waals surface area (Å²) in [6.07, 6.45) is -2.73. The van der Waals surface area contributed by atoms with E-state index in [4.69, 9.17) is 30.0 Å². The van der Waals surface area contributed by atoms with Crippen LogP contribution >= 0.6 is 7.75 Å². The third kappa shape index (κ3) is 5.86. The van der Waals surface area contributed by atoms with Gasteiger partial charge in [0.15, 0.2) is 17.7 Å². The van der Waals surface area contributed by atoms with Crippen molar-refractivity contribution in [2.45, 2.75) is 58.3 Å². The zero-order valence-electron chi connectivity index (χ0n) is 22.3. The average Bonchev–Trinajstić information content (AvgIpc) is 3.42. The first-order chi connectivity index (χ1) is 18.9. The number of carbonyl (C=O) groups is 1. The molecule has 0 saturated carbocycles. The highest BCUT2D eigenvalue weighted by Gasteiger charge is 2.55. The lowest BCUT2D eigenvalue weighted by Crippen LogP contribution is -2.39. The fourth-order valence-corrected chi connectivity index (χ4v) is 5.66. The van der Waals surface area contributed by atoms with Crippen molar-refractivity contribution < 1.29 is 33.0 Å². The van der Waals surface area contributed by atoms with Crippen molar-refractivity contribution in [3.05, 3.63) is 36.7 Å². The fraction of sp³-hybridized carbons (Fsp3) is 0.458. The number of nitrogen functional groups attached to an aromatic ring is 2. The molecule has 1 fully saturated rings. The molecular formula is C24H31N8O7P. The number of aliphatic hydroxyl groups excluding tert-OH is 1. The lowest BCUT2D eigenvalue weighted by molar-refractivity contribution is -0.149. The van der Waals surface area contributed by atoms with Crippen LogP contribution in [0.25, 0.3) is 11.2 Å². The van der Waals surface area contributed by atoms with E-state index >= 15 is 0 Å². The Morgan fingerprint density at radius 3 is 2.65 bits per heavy atom. The third-order valence-corrected chi connectivity index (χ3v) is 7.82. The van der Waals surface area contributed by atoms with E-state index in [1.165, 1.54) is 24.7 Å². The maximum Gasteiger partial charge on any atom is 0.459 e. The molecule has 0 radical (unpaired) electrons. The molecule has 214 valence electrons. The zero-order valence-corrected chi connectivity index (χ0v) is 23.2. The van der Waals surface area contributed by atoms with Gasteiger partial charge in [0, 0.05) is 0 Å². The molecule has 0 bridgehead atoms. The van der Waals surface area contributed by atoms with Gasteiger partial charge in [-0.3, -0.25) is 13.9 Å². The Labute approximate surface area is 230 Å². The maximum absolute atomic E-state index is 13.8. The summed E-state index contributed by atoms with van der Waals surface area (Å²) < 4.78 is 37.8. The predicted octanol–water partition coefficient (Wildman–Crippen LogP) is 1.91. The molecule has 16 heteroatoms. The summed E-state index contributed by atoms with van der Waals surface area (Å²) >= 11 is 0. The molecular weight excluding hydrogens is 543 g/mol. The number of nitrogens with one attached hydrogen (secondary N) is 1. The van der Waals surface area contributed by atoms with Gasteiger partial charge in [0.05, 0.1) is 25.1 Å². The number of hydrogen-bond donors (Lipinski definition) is 4. The number of anilines is 2. The Bertz CT molecular complexity index is 1460. The van der Waals surface area contributed by atoms with Crippen LogP contribution in [0.4, 0.5) is 11.8 Å². The number of imidazole rings is 1. The summed E-state index contributed by atoms with van der Waals surface area (Å²) in [5.74, 6) is -0.542. The Kier molecular flexibility index (Phi) is 8.29. The minimum Gasteiger partial charge on any atom is -0.462 e. The molecule has 0 amide bonds. The van der Waals surface area contributed by atoms with Gasteiger partial charge in [-0.25, -0.2) is 9.55 Å². The van der Waals surface area contributed by atoms with Gasteiger partial charge in [-0.1, -0.05) is 18.2 Å². The van der Waals surface area contributed by atoms with Gasteiger partial charge >= 0.3 is 13.7 Å². The van der Waals surface area contributed by atoms with Gasteiger partial charge in [-0.2, -0.15) is 20.3 Å². The molecule has 3 heterocycles. The van der Waals surface area contributed by atoms with Crippen LogP contribution in [0.3, 0.4) is 0 Å². The molecule has 3 aromatic rings. The van der Waals surface area contributed by atoms with Gasteiger partial charge < -0.3 is 30.6 Å². The molecule has 1 aliphatic heterocycles. The van der Waals surface area contributed by atoms with Gasteiger partial charge in [-0.15, -0.1) is 0 Å². The highest BCUT2D eigenvalue weighted by molar-refractivity contribution is 7.52. The molecule has 0 spiro atoms. The number of rotatable bonds is 10. The van der Waals surface area contributed by atoms with Crippen LogP contribution in [-0.2, 0) is 23.4 Å². The van der Waals surface area contributed by atoms with Crippen molar-refractivity contribution in [1.82, 2.24) is 24.6 Å². The van der Waals surface area contributed by atoms with E-state index < -0.39 is 56.3 Å². The van der Waals surface area contributed by atoms with Crippen molar-refractivity contribution in [3.8, 4) is 11.8 Å². The second-order valence-electron chi connectivity index (χ2n) is 9.69. The summed E-state index contributed by atoms with van der Waals surface area (Å²) in [6.45, 7) is 5.82. The number of aromatic nitrogens is 4. The Hall–Kier alpha value is -3.80. The third-order valence-electron chi connectivity index (χ3n) is 6.18. The monoisotopic (exact) mass is 574 g/mol. The van der Waals surface area contributed by atoms with Gasteiger partial charge in [0.1, 0.15) is 34.9 Å². The number of aliphatic hydroxyl groups is 1. The number of nitrogens with two attached hydrogens (primary N) is 2. The van der Waals surface area contributed by atoms with E-state index in [2.05, 4.69) is 26.1 Å². The van der Waals surface area contributed by atoms with Gasteiger partial charge in [0.2, 0.25) is 5.95 Å². The largest absolute Gasteiger partial charge is 0.462 e. The van der Waals surface area contributed by atoms with E-state index in [9.17, 15) is 19.7 Å². The molecule has 2 aromatic heterocycles. The molecule has 6 N–H and O–H groups in total. The molecule has 15 nitrogen and oxygen atoms in total. The van der Waals surface area contributed by atoms with Crippen molar-refractivity contribution >= 4 is 36.6 Å². The molecule has 40 heavy (non-hydrogen) atoms. The lowest BCUT2D eigenvalue weighted by Gasteiger charge is -2.26. The van der Waals surface area contributed by atoms with Crippen LogP contribution in [0, 0.1) is 16.7 Å². The number of nitrogens with zero attached hydrogens (tertiary/aromatic N) is 5. The van der Waals surface area contributed by atoms with Crippen LogP contribution in [0.2, 0.25) is 0 Å². The van der Waals surface area contributed by atoms with E-state index in [0.29, 0.717) is 0 Å². The SMILES string of the molecule is CC(C)OC(=O)[C@@H](C)N[P@@](=O)(OC[C@H]1O[C@@H](n2cnc3c(N)nc(N)nc32)[C@](C)(C#N)[C@@H]1O)Oc1ccccc1. The number of nitriles is 1. The second kappa shape index (κ2) is 11.4. The number of esters is 1. The summed E-state index contributed by atoms with van der Waals surface area (Å²) in [7, 11) is -4.25. The van der Waals surface area contributed by atoms with E-state index in [1.54, 1.807) is 44.2 Å². The highest BCUT2D eigenvalue weighted by atomic mass is 31.2. The molecule has 0 aliphatic carbocycles. The quantitative estimate of drug-likeness (QED) is 0.201. The minimum atomic E-state index is -4.25. The van der Waals surface area contributed by atoms with Gasteiger partial charge in [-0.05, 0) is 39.8 Å². The smallest absolute Gasteiger partial charge is 0.459 e. The normalized spacial score (nSPS) is 24.9. The first kappa shape index (κ1) is 29.2. The number of benzene rings is 1. The van der Waals surface area contributed by atoms with Crippen molar-refractivity contribution in [2.24, 2.45) is 5.41 Å². The van der Waals surface area contributed by atoms with E-state index in [0.717, 1.165) is 0 Å². The van der Waals surface area contributed by atoms with Crippen molar-refractivity contribution in [1.29, 1.82) is 5.26 Å². The number of carbonyl (C=O) groups excluding carboxylic acids is 1. The summed E-state index contributed by atoms with van der Waals surface area (Å²) in [5.41, 5.74) is 10.6. The maximum atomic E-state index is 13.8. The molecule has 6 atom stereocenters. The first-order valence-electron chi connectivity index (χ1n) is 12.3. The number of ether oxygens (including phenoxy) is 2. The van der Waals surface area contributed by atoms with Gasteiger partial charge in [0.25, 0.3) is 0 Å². The highest BCUT2D eigenvalue weighted by Crippen LogP contribution is 2.49. The predicted molar refractivity (Wildman–Crippen MR) is 142 cm³/mol. The molecule has 1 aliphatic rings. The number of para-hydroxylation sites is 1. The second-order valence-corrected chi connectivity index (χ2v) is 11.4. The number of fused-ring (bicyclic) bond motifs is 1. The molecule has 1 saturated heterocycles. The summed E-state index contributed by atoms with van der Waals surface area (Å²) in [5, 5.41) is 23.8. The van der Waals surface area contributed by atoms with Crippen molar-refractivity contribution in [2.75, 3.05) is 18.1 Å². The Morgan fingerprint density at radius 1 is 1.30 bits per heavy atom.